The summed E-state index contributed by atoms with van der Waals surface area (Å²) >= 11 is 0. The van der Waals surface area contributed by atoms with Gasteiger partial charge in [0, 0.05) is 19.1 Å². The summed E-state index contributed by atoms with van der Waals surface area (Å²) in [6, 6.07) is 9.58. The van der Waals surface area contributed by atoms with E-state index < -0.39 is 6.09 Å². The van der Waals surface area contributed by atoms with Gasteiger partial charge in [-0.05, 0) is 11.5 Å². The van der Waals surface area contributed by atoms with Crippen molar-refractivity contribution in [2.24, 2.45) is 11.8 Å². The van der Waals surface area contributed by atoms with E-state index in [0.29, 0.717) is 12.5 Å². The van der Waals surface area contributed by atoms with Crippen LogP contribution in [0, 0.1) is 11.8 Å². The van der Waals surface area contributed by atoms with E-state index in [4.69, 9.17) is 4.74 Å². The molecule has 1 fully saturated rings. The third-order valence-corrected chi connectivity index (χ3v) is 3.77. The van der Waals surface area contributed by atoms with Gasteiger partial charge >= 0.3 is 6.09 Å². The zero-order valence-corrected chi connectivity index (χ0v) is 11.0. The number of ether oxygens (including phenoxy) is 1. The molecule has 0 saturated heterocycles. The number of hydrogen-bond acceptors (Lipinski definition) is 3. The Balaban J connectivity index is 1.66. The van der Waals surface area contributed by atoms with Crippen LogP contribution in [0.3, 0.4) is 0 Å². The van der Waals surface area contributed by atoms with Crippen LogP contribution in [0.15, 0.2) is 30.3 Å². The monoisotopic (exact) mass is 263 g/mol. The fraction of sp³-hybridized carbons (Fsp3) is 0.533. The van der Waals surface area contributed by atoms with Crippen molar-refractivity contribution < 1.29 is 14.6 Å². The molecular weight excluding hydrogens is 242 g/mol. The fourth-order valence-corrected chi connectivity index (χ4v) is 2.28. The highest BCUT2D eigenvalue weighted by atomic mass is 16.5. The van der Waals surface area contributed by atoms with Gasteiger partial charge in [0.1, 0.15) is 6.61 Å². The Morgan fingerprint density at radius 1 is 1.37 bits per heavy atom. The van der Waals surface area contributed by atoms with Gasteiger partial charge in [0.2, 0.25) is 0 Å². The molecule has 19 heavy (non-hydrogen) atoms. The van der Waals surface area contributed by atoms with Crippen molar-refractivity contribution >= 4 is 6.09 Å². The Hall–Kier alpha value is -1.55. The number of hydrogen-bond donors (Lipinski definition) is 2. The third kappa shape index (κ3) is 4.24. The van der Waals surface area contributed by atoms with Gasteiger partial charge in [0.25, 0.3) is 0 Å². The number of alkyl carbamates (subject to hydrolysis) is 1. The van der Waals surface area contributed by atoms with Gasteiger partial charge in [-0.3, -0.25) is 0 Å². The maximum Gasteiger partial charge on any atom is 0.407 e. The van der Waals surface area contributed by atoms with Crippen molar-refractivity contribution in [3.8, 4) is 0 Å². The van der Waals surface area contributed by atoms with E-state index in [-0.39, 0.29) is 19.1 Å². The van der Waals surface area contributed by atoms with Gasteiger partial charge in [0.05, 0.1) is 0 Å². The van der Waals surface area contributed by atoms with Gasteiger partial charge in [-0.25, -0.2) is 4.79 Å². The summed E-state index contributed by atoms with van der Waals surface area (Å²) in [7, 11) is 0. The molecule has 0 spiro atoms. The predicted molar refractivity (Wildman–Crippen MR) is 72.5 cm³/mol. The zero-order chi connectivity index (χ0) is 13.5. The van der Waals surface area contributed by atoms with Gasteiger partial charge in [0.15, 0.2) is 0 Å². The molecule has 1 aliphatic rings. The number of amides is 1. The van der Waals surface area contributed by atoms with Crippen molar-refractivity contribution in [3.05, 3.63) is 35.9 Å². The average molecular weight is 263 g/mol. The van der Waals surface area contributed by atoms with E-state index >= 15 is 0 Å². The zero-order valence-electron chi connectivity index (χ0n) is 11.0. The SMILES string of the molecule is O=C(NCC(CO)C1CCC1)OCc1ccccc1. The second-order valence-electron chi connectivity index (χ2n) is 5.08. The van der Waals surface area contributed by atoms with Crippen LogP contribution in [-0.2, 0) is 11.3 Å². The van der Waals surface area contributed by atoms with Crippen molar-refractivity contribution in [2.45, 2.75) is 25.9 Å². The average Bonchev–Trinajstić information content (AvgIpc) is 2.40. The second-order valence-corrected chi connectivity index (χ2v) is 5.08. The Labute approximate surface area is 113 Å². The number of aliphatic hydroxyl groups excluding tert-OH is 1. The van der Waals surface area contributed by atoms with Crippen molar-refractivity contribution in [1.29, 1.82) is 0 Å². The number of carbonyl (C=O) groups is 1. The normalized spacial score (nSPS) is 16.5. The number of carbonyl (C=O) groups excluding carboxylic acids is 1. The Kier molecular flexibility index (Phi) is 5.21. The summed E-state index contributed by atoms with van der Waals surface area (Å²) in [5, 5.41) is 12.0. The van der Waals surface area contributed by atoms with E-state index in [1.54, 1.807) is 0 Å². The summed E-state index contributed by atoms with van der Waals surface area (Å²) in [5.74, 6) is 0.720. The third-order valence-electron chi connectivity index (χ3n) is 3.77. The number of benzene rings is 1. The van der Waals surface area contributed by atoms with Gasteiger partial charge in [-0.1, -0.05) is 49.6 Å². The lowest BCUT2D eigenvalue weighted by molar-refractivity contribution is 0.109. The molecule has 1 unspecified atom stereocenters. The van der Waals surface area contributed by atoms with Crippen LogP contribution in [0.1, 0.15) is 24.8 Å². The van der Waals surface area contributed by atoms with Gasteiger partial charge < -0.3 is 15.2 Å². The highest BCUT2D eigenvalue weighted by molar-refractivity contribution is 5.67. The first-order chi connectivity index (χ1) is 9.29. The number of nitrogens with one attached hydrogen (secondary N) is 1. The Morgan fingerprint density at radius 2 is 2.11 bits per heavy atom. The van der Waals surface area contributed by atoms with E-state index in [9.17, 15) is 9.90 Å². The van der Waals surface area contributed by atoms with Crippen LogP contribution in [0.4, 0.5) is 4.79 Å². The van der Waals surface area contributed by atoms with Crippen LogP contribution >= 0.6 is 0 Å². The molecule has 0 bridgehead atoms. The lowest BCUT2D eigenvalue weighted by Gasteiger charge is -2.32. The minimum Gasteiger partial charge on any atom is -0.445 e. The molecule has 4 heteroatoms. The van der Waals surface area contributed by atoms with E-state index in [0.717, 1.165) is 18.4 Å². The highest BCUT2D eigenvalue weighted by Gasteiger charge is 2.26. The molecule has 1 aliphatic carbocycles. The number of rotatable bonds is 6. The summed E-state index contributed by atoms with van der Waals surface area (Å²) < 4.78 is 5.12. The smallest absolute Gasteiger partial charge is 0.407 e. The van der Waals surface area contributed by atoms with Crippen LogP contribution in [-0.4, -0.2) is 24.4 Å². The highest BCUT2D eigenvalue weighted by Crippen LogP contribution is 2.32. The maximum absolute atomic E-state index is 11.6. The molecule has 1 aromatic rings. The summed E-state index contributed by atoms with van der Waals surface area (Å²) in [4.78, 5) is 11.6. The van der Waals surface area contributed by atoms with Crippen LogP contribution in [0.25, 0.3) is 0 Å². The molecule has 0 radical (unpaired) electrons. The van der Waals surface area contributed by atoms with Crippen LogP contribution < -0.4 is 5.32 Å². The molecule has 1 aromatic carbocycles. The molecule has 2 rings (SSSR count). The lowest BCUT2D eigenvalue weighted by atomic mass is 9.76. The summed E-state index contributed by atoms with van der Waals surface area (Å²) in [6.07, 6.45) is 3.14. The molecule has 1 saturated carbocycles. The van der Waals surface area contributed by atoms with Gasteiger partial charge in [-0.2, -0.15) is 0 Å². The molecule has 1 amide bonds. The summed E-state index contributed by atoms with van der Waals surface area (Å²) in [5.41, 5.74) is 0.968. The van der Waals surface area contributed by atoms with Crippen molar-refractivity contribution in [2.75, 3.05) is 13.2 Å². The first kappa shape index (κ1) is 13.9. The maximum atomic E-state index is 11.6. The minimum absolute atomic E-state index is 0.129. The molecule has 104 valence electrons. The fourth-order valence-electron chi connectivity index (χ4n) is 2.28. The predicted octanol–water partition coefficient (Wildman–Crippen LogP) is 2.32. The molecule has 0 aliphatic heterocycles. The lowest BCUT2D eigenvalue weighted by Crippen LogP contribution is -2.37. The molecule has 2 N–H and O–H groups in total. The molecule has 0 aromatic heterocycles. The molecule has 4 nitrogen and oxygen atoms in total. The Morgan fingerprint density at radius 3 is 2.68 bits per heavy atom. The van der Waals surface area contributed by atoms with E-state index in [1.807, 2.05) is 30.3 Å². The first-order valence-electron chi connectivity index (χ1n) is 6.85. The van der Waals surface area contributed by atoms with Gasteiger partial charge in [-0.15, -0.1) is 0 Å². The quantitative estimate of drug-likeness (QED) is 0.828. The van der Waals surface area contributed by atoms with Crippen molar-refractivity contribution in [3.63, 3.8) is 0 Å². The first-order valence-corrected chi connectivity index (χ1v) is 6.85. The topological polar surface area (TPSA) is 58.6 Å². The minimum atomic E-state index is -0.415. The van der Waals surface area contributed by atoms with E-state index in [1.165, 1.54) is 6.42 Å². The Bertz CT molecular complexity index is 390. The molecule has 1 atom stereocenters. The van der Waals surface area contributed by atoms with Crippen LogP contribution in [0.5, 0.6) is 0 Å². The van der Waals surface area contributed by atoms with Crippen LogP contribution in [0.2, 0.25) is 0 Å². The van der Waals surface area contributed by atoms with Crippen molar-refractivity contribution in [1.82, 2.24) is 5.32 Å². The summed E-state index contributed by atoms with van der Waals surface area (Å²) in [6.45, 7) is 0.901. The molecular formula is C15H21NO3. The standard InChI is InChI=1S/C15H21NO3/c17-10-14(13-7-4-8-13)9-16-15(18)19-11-12-5-2-1-3-6-12/h1-3,5-6,13-14,17H,4,7-11H2,(H,16,18). The van der Waals surface area contributed by atoms with E-state index in [2.05, 4.69) is 5.32 Å². The number of aliphatic hydroxyl groups is 1. The largest absolute Gasteiger partial charge is 0.445 e. The second kappa shape index (κ2) is 7.14. The molecule has 0 heterocycles.